The molecule has 1 saturated heterocycles. The Balaban J connectivity index is 1.34. The predicted octanol–water partition coefficient (Wildman–Crippen LogP) is 2.38. The van der Waals surface area contributed by atoms with Gasteiger partial charge in [-0.15, -0.1) is 0 Å². The number of rotatable bonds is 6. The summed E-state index contributed by atoms with van der Waals surface area (Å²) in [4.78, 5) is 25.4. The van der Waals surface area contributed by atoms with Gasteiger partial charge in [-0.2, -0.15) is 5.10 Å². The Hall–Kier alpha value is -3.72. The van der Waals surface area contributed by atoms with Crippen LogP contribution < -0.4 is 10.9 Å². The Morgan fingerprint density at radius 2 is 2.16 bits per heavy atom. The zero-order chi connectivity index (χ0) is 21.7. The predicted molar refractivity (Wildman–Crippen MR) is 122 cm³/mol. The zero-order valence-corrected chi connectivity index (χ0v) is 17.8. The molecule has 9 nitrogen and oxygen atoms in total. The Bertz CT molecular complexity index is 1480. The summed E-state index contributed by atoms with van der Waals surface area (Å²) in [5.41, 5.74) is 4.40. The van der Waals surface area contributed by atoms with Crippen LogP contribution in [0.1, 0.15) is 30.4 Å². The third-order valence-corrected chi connectivity index (χ3v) is 6.14. The fourth-order valence-corrected chi connectivity index (χ4v) is 4.36. The number of aromatic amines is 1. The first kappa shape index (κ1) is 19.0. The summed E-state index contributed by atoms with van der Waals surface area (Å²) in [6, 6.07) is 8.70. The average Bonchev–Trinajstić information content (AvgIpc) is 3.48. The smallest absolute Gasteiger partial charge is 0.280 e. The van der Waals surface area contributed by atoms with Crippen molar-refractivity contribution in [3.05, 3.63) is 70.5 Å². The minimum absolute atomic E-state index is 0.103. The maximum atomic E-state index is 13.1. The SMILES string of the molecule is CCCn1c(=O)c2[nH]c(-c3cnn(Cc4cccc(C5CNC5)c4)c3)nc2n2ccnc12. The first-order chi connectivity index (χ1) is 15.7. The lowest BCUT2D eigenvalue weighted by Gasteiger charge is -2.27. The van der Waals surface area contributed by atoms with Gasteiger partial charge in [-0.05, 0) is 17.5 Å². The van der Waals surface area contributed by atoms with Crippen LogP contribution in [0.5, 0.6) is 0 Å². The number of hydrogen-bond acceptors (Lipinski definition) is 5. The van der Waals surface area contributed by atoms with Crippen molar-refractivity contribution in [3.8, 4) is 11.4 Å². The molecule has 0 unspecified atom stereocenters. The lowest BCUT2D eigenvalue weighted by atomic mass is 9.92. The van der Waals surface area contributed by atoms with Crippen molar-refractivity contribution in [3.63, 3.8) is 0 Å². The van der Waals surface area contributed by atoms with Crippen molar-refractivity contribution in [1.29, 1.82) is 0 Å². The second kappa shape index (κ2) is 7.45. The molecule has 1 aliphatic rings. The van der Waals surface area contributed by atoms with Crippen LogP contribution >= 0.6 is 0 Å². The Morgan fingerprint density at radius 1 is 1.25 bits per heavy atom. The number of imidazole rings is 2. The molecular formula is C23H24N8O. The summed E-state index contributed by atoms with van der Waals surface area (Å²) in [5, 5.41) is 7.86. The molecule has 1 aliphatic heterocycles. The average molecular weight is 429 g/mol. The van der Waals surface area contributed by atoms with E-state index in [0.29, 0.717) is 41.8 Å². The molecular weight excluding hydrogens is 404 g/mol. The van der Waals surface area contributed by atoms with E-state index in [4.69, 9.17) is 4.98 Å². The zero-order valence-electron chi connectivity index (χ0n) is 17.8. The van der Waals surface area contributed by atoms with E-state index >= 15 is 0 Å². The lowest BCUT2D eigenvalue weighted by Crippen LogP contribution is -2.39. The second-order valence-electron chi connectivity index (χ2n) is 8.36. The number of fused-ring (bicyclic) bond motifs is 3. The van der Waals surface area contributed by atoms with Gasteiger partial charge in [0.25, 0.3) is 5.56 Å². The van der Waals surface area contributed by atoms with Gasteiger partial charge in [0, 0.05) is 44.1 Å². The van der Waals surface area contributed by atoms with E-state index < -0.39 is 0 Å². The van der Waals surface area contributed by atoms with Crippen LogP contribution in [0.2, 0.25) is 0 Å². The molecule has 6 rings (SSSR count). The highest BCUT2D eigenvalue weighted by molar-refractivity contribution is 5.77. The monoisotopic (exact) mass is 428 g/mol. The molecule has 0 aliphatic carbocycles. The second-order valence-corrected chi connectivity index (χ2v) is 8.36. The molecule has 0 radical (unpaired) electrons. The molecule has 0 saturated carbocycles. The molecule has 162 valence electrons. The van der Waals surface area contributed by atoms with Gasteiger partial charge in [-0.1, -0.05) is 31.2 Å². The largest absolute Gasteiger partial charge is 0.332 e. The van der Waals surface area contributed by atoms with Crippen LogP contribution in [0.4, 0.5) is 0 Å². The van der Waals surface area contributed by atoms with Crippen molar-refractivity contribution in [2.24, 2.45) is 0 Å². The quantitative estimate of drug-likeness (QED) is 0.433. The van der Waals surface area contributed by atoms with Gasteiger partial charge in [0.2, 0.25) is 5.78 Å². The van der Waals surface area contributed by atoms with E-state index in [9.17, 15) is 4.79 Å². The van der Waals surface area contributed by atoms with Crippen LogP contribution in [0.15, 0.2) is 53.8 Å². The molecule has 1 fully saturated rings. The summed E-state index contributed by atoms with van der Waals surface area (Å²) in [6.45, 7) is 5.43. The molecule has 0 spiro atoms. The summed E-state index contributed by atoms with van der Waals surface area (Å²) >= 11 is 0. The number of hydrogen-bond donors (Lipinski definition) is 2. The standard InChI is InChI=1S/C23H24N8O/c1-2-7-31-22(32)19-21(30-8-6-25-23(30)31)28-20(27-19)18-12-26-29(14-18)13-15-4-3-5-16(9-15)17-10-24-11-17/h3-6,8-9,12,14,17,24H,2,7,10-11,13H2,1H3,(H,27,28). The molecule has 32 heavy (non-hydrogen) atoms. The topological polar surface area (TPSA) is 97.8 Å². The summed E-state index contributed by atoms with van der Waals surface area (Å²) in [5.74, 6) is 1.84. The molecule has 4 aromatic heterocycles. The minimum atomic E-state index is -0.103. The van der Waals surface area contributed by atoms with Crippen molar-refractivity contribution in [1.82, 2.24) is 39.0 Å². The molecule has 0 amide bonds. The molecule has 0 atom stereocenters. The molecule has 5 heterocycles. The number of nitrogens with zero attached hydrogens (tertiary/aromatic N) is 6. The van der Waals surface area contributed by atoms with Crippen LogP contribution in [-0.4, -0.2) is 46.8 Å². The van der Waals surface area contributed by atoms with Crippen molar-refractivity contribution >= 4 is 16.9 Å². The maximum Gasteiger partial charge on any atom is 0.280 e. The Morgan fingerprint density at radius 3 is 2.97 bits per heavy atom. The number of aromatic nitrogens is 7. The van der Waals surface area contributed by atoms with Crippen LogP contribution in [0.3, 0.4) is 0 Å². The van der Waals surface area contributed by atoms with Crippen molar-refractivity contribution in [2.45, 2.75) is 32.4 Å². The van der Waals surface area contributed by atoms with Gasteiger partial charge in [0.05, 0.1) is 18.3 Å². The highest BCUT2D eigenvalue weighted by Gasteiger charge is 2.19. The molecule has 0 bridgehead atoms. The first-order valence-corrected chi connectivity index (χ1v) is 11.0. The van der Waals surface area contributed by atoms with Gasteiger partial charge in [-0.3, -0.25) is 18.4 Å². The lowest BCUT2D eigenvalue weighted by molar-refractivity contribution is 0.448. The van der Waals surface area contributed by atoms with Gasteiger partial charge in [-0.25, -0.2) is 9.97 Å². The number of H-pyrrole nitrogens is 1. The van der Waals surface area contributed by atoms with Crippen molar-refractivity contribution in [2.75, 3.05) is 13.1 Å². The van der Waals surface area contributed by atoms with Crippen LogP contribution in [0.25, 0.3) is 28.3 Å². The fraction of sp³-hybridized carbons (Fsp3) is 0.304. The molecule has 5 aromatic rings. The number of nitrogens with one attached hydrogen (secondary N) is 2. The van der Waals surface area contributed by atoms with E-state index in [1.807, 2.05) is 28.4 Å². The van der Waals surface area contributed by atoms with E-state index in [-0.39, 0.29) is 5.56 Å². The normalized spacial score (nSPS) is 14.4. The van der Waals surface area contributed by atoms with Gasteiger partial charge >= 0.3 is 0 Å². The minimum Gasteiger partial charge on any atom is -0.332 e. The third-order valence-electron chi connectivity index (χ3n) is 6.14. The fourth-order valence-electron chi connectivity index (χ4n) is 4.36. The van der Waals surface area contributed by atoms with Crippen LogP contribution in [0, 0.1) is 0 Å². The van der Waals surface area contributed by atoms with E-state index in [0.717, 1.165) is 25.1 Å². The van der Waals surface area contributed by atoms with Gasteiger partial charge in [0.1, 0.15) is 5.82 Å². The van der Waals surface area contributed by atoms with E-state index in [1.54, 1.807) is 17.0 Å². The third kappa shape index (κ3) is 3.04. The highest BCUT2D eigenvalue weighted by Crippen LogP contribution is 2.22. The maximum absolute atomic E-state index is 13.1. The van der Waals surface area contributed by atoms with E-state index in [1.165, 1.54) is 11.1 Å². The summed E-state index contributed by atoms with van der Waals surface area (Å²) in [7, 11) is 0. The molecule has 2 N–H and O–H groups in total. The van der Waals surface area contributed by atoms with Crippen LogP contribution in [-0.2, 0) is 13.1 Å². The van der Waals surface area contributed by atoms with Crippen molar-refractivity contribution < 1.29 is 0 Å². The Kier molecular flexibility index (Phi) is 4.43. The number of benzene rings is 1. The molecule has 1 aromatic carbocycles. The highest BCUT2D eigenvalue weighted by atomic mass is 16.1. The summed E-state index contributed by atoms with van der Waals surface area (Å²) < 4.78 is 5.46. The van der Waals surface area contributed by atoms with Gasteiger partial charge in [0.15, 0.2) is 11.2 Å². The van der Waals surface area contributed by atoms with E-state index in [2.05, 4.69) is 44.6 Å². The molecule has 9 heteroatoms. The summed E-state index contributed by atoms with van der Waals surface area (Å²) in [6.07, 6.45) is 8.13. The van der Waals surface area contributed by atoms with Gasteiger partial charge < -0.3 is 10.3 Å². The first-order valence-electron chi connectivity index (χ1n) is 11.0. The Labute approximate surface area is 183 Å². The number of aryl methyl sites for hydroxylation is 1.